The maximum Gasteiger partial charge on any atom is 0.0471 e. The average Bonchev–Trinajstić information content (AvgIpc) is 2.84. The van der Waals surface area contributed by atoms with Gasteiger partial charge in [0.15, 0.2) is 0 Å². The predicted molar refractivity (Wildman–Crippen MR) is 81.4 cm³/mol. The number of hydrogen-bond donors (Lipinski definition) is 1. The molecule has 2 saturated heterocycles. The molecule has 0 aromatic heterocycles. The van der Waals surface area contributed by atoms with Crippen molar-refractivity contribution in [2.45, 2.75) is 50.7 Å². The molecule has 2 aliphatic rings. The van der Waals surface area contributed by atoms with Gasteiger partial charge < -0.3 is 10.6 Å². The van der Waals surface area contributed by atoms with Gasteiger partial charge in [0, 0.05) is 43.8 Å². The summed E-state index contributed by atoms with van der Waals surface area (Å²) in [5, 5.41) is 0. The van der Waals surface area contributed by atoms with E-state index in [4.69, 9.17) is 5.73 Å². The summed E-state index contributed by atoms with van der Waals surface area (Å²) in [5.74, 6) is 0. The van der Waals surface area contributed by atoms with Crippen molar-refractivity contribution < 1.29 is 0 Å². The van der Waals surface area contributed by atoms with E-state index in [0.29, 0.717) is 12.1 Å². The van der Waals surface area contributed by atoms with Gasteiger partial charge >= 0.3 is 0 Å². The maximum absolute atomic E-state index is 6.19. The van der Waals surface area contributed by atoms with Crippen molar-refractivity contribution in [2.24, 2.45) is 5.73 Å². The first kappa shape index (κ1) is 15.2. The van der Waals surface area contributed by atoms with Crippen LogP contribution >= 0.6 is 0 Å². The van der Waals surface area contributed by atoms with Crippen LogP contribution in [-0.4, -0.2) is 79.1 Å². The van der Waals surface area contributed by atoms with Gasteiger partial charge in [-0.2, -0.15) is 0 Å². The van der Waals surface area contributed by atoms with E-state index in [9.17, 15) is 0 Å². The highest BCUT2D eigenvalue weighted by Gasteiger charge is 2.43. The van der Waals surface area contributed by atoms with Crippen LogP contribution in [-0.2, 0) is 0 Å². The first-order valence-electron chi connectivity index (χ1n) is 7.84. The van der Waals surface area contributed by atoms with Gasteiger partial charge in [-0.15, -0.1) is 0 Å². The lowest BCUT2D eigenvalue weighted by molar-refractivity contribution is 0.0407. The number of hydrogen-bond acceptors (Lipinski definition) is 4. The Kier molecular flexibility index (Phi) is 4.88. The van der Waals surface area contributed by atoms with Crippen LogP contribution in [0.3, 0.4) is 0 Å². The molecular formula is C15H32N4. The van der Waals surface area contributed by atoms with E-state index in [2.05, 4.69) is 42.6 Å². The summed E-state index contributed by atoms with van der Waals surface area (Å²) in [6.07, 6.45) is 3.86. The molecule has 0 radical (unpaired) electrons. The second-order valence-electron chi connectivity index (χ2n) is 6.91. The fourth-order valence-corrected chi connectivity index (χ4v) is 3.77. The van der Waals surface area contributed by atoms with Crippen molar-refractivity contribution in [2.75, 3.05) is 46.8 Å². The third-order valence-electron chi connectivity index (χ3n) is 5.37. The predicted octanol–water partition coefficient (Wildman–Crippen LogP) is 0.824. The molecular weight excluding hydrogens is 236 g/mol. The van der Waals surface area contributed by atoms with E-state index in [1.54, 1.807) is 0 Å². The molecule has 4 heteroatoms. The molecule has 2 aliphatic heterocycles. The average molecular weight is 268 g/mol. The Morgan fingerprint density at radius 1 is 1.37 bits per heavy atom. The number of nitrogens with zero attached hydrogens (tertiary/aromatic N) is 3. The highest BCUT2D eigenvalue weighted by Crippen LogP contribution is 2.31. The number of piperidine rings is 1. The highest BCUT2D eigenvalue weighted by molar-refractivity contribution is 5.02. The van der Waals surface area contributed by atoms with Gasteiger partial charge in [0.25, 0.3) is 0 Å². The smallest absolute Gasteiger partial charge is 0.0471 e. The molecule has 0 aromatic rings. The van der Waals surface area contributed by atoms with E-state index in [0.717, 1.165) is 13.1 Å². The Hall–Kier alpha value is -0.160. The largest absolute Gasteiger partial charge is 0.329 e. The van der Waals surface area contributed by atoms with Crippen molar-refractivity contribution in [3.05, 3.63) is 0 Å². The van der Waals surface area contributed by atoms with Gasteiger partial charge in [-0.3, -0.25) is 9.80 Å². The summed E-state index contributed by atoms with van der Waals surface area (Å²) >= 11 is 0. The minimum atomic E-state index is 0.202. The topological polar surface area (TPSA) is 35.7 Å². The second kappa shape index (κ2) is 6.08. The summed E-state index contributed by atoms with van der Waals surface area (Å²) in [6, 6.07) is 1.31. The van der Waals surface area contributed by atoms with Crippen LogP contribution in [0.5, 0.6) is 0 Å². The first-order chi connectivity index (χ1) is 8.98. The summed E-state index contributed by atoms with van der Waals surface area (Å²) in [6.45, 7) is 10.1. The lowest BCUT2D eigenvalue weighted by Crippen LogP contribution is -2.60. The van der Waals surface area contributed by atoms with Gasteiger partial charge in [0.1, 0.15) is 0 Å². The van der Waals surface area contributed by atoms with Crippen LogP contribution in [0.4, 0.5) is 0 Å². The molecule has 0 spiro atoms. The minimum absolute atomic E-state index is 0.202. The maximum atomic E-state index is 6.19. The van der Waals surface area contributed by atoms with E-state index in [1.807, 2.05) is 0 Å². The molecule has 112 valence electrons. The van der Waals surface area contributed by atoms with Crippen LogP contribution in [0.1, 0.15) is 33.1 Å². The molecule has 0 bridgehead atoms. The van der Waals surface area contributed by atoms with Crippen LogP contribution in [0.2, 0.25) is 0 Å². The van der Waals surface area contributed by atoms with Crippen molar-refractivity contribution in [1.29, 1.82) is 0 Å². The fraction of sp³-hybridized carbons (Fsp3) is 1.00. The van der Waals surface area contributed by atoms with E-state index >= 15 is 0 Å². The summed E-state index contributed by atoms with van der Waals surface area (Å²) < 4.78 is 0. The third kappa shape index (κ3) is 3.13. The number of likely N-dealkylation sites (tertiary alicyclic amines) is 2. The van der Waals surface area contributed by atoms with Crippen molar-refractivity contribution in [1.82, 2.24) is 14.7 Å². The zero-order valence-corrected chi connectivity index (χ0v) is 13.2. The van der Waals surface area contributed by atoms with Crippen LogP contribution in [0, 0.1) is 0 Å². The van der Waals surface area contributed by atoms with Crippen LogP contribution < -0.4 is 5.73 Å². The zero-order valence-electron chi connectivity index (χ0n) is 13.2. The van der Waals surface area contributed by atoms with Gasteiger partial charge in [0.05, 0.1) is 0 Å². The summed E-state index contributed by atoms with van der Waals surface area (Å²) in [5.41, 5.74) is 6.39. The Labute approximate surface area is 118 Å². The lowest BCUT2D eigenvalue weighted by atomic mass is 9.92. The van der Waals surface area contributed by atoms with Crippen molar-refractivity contribution >= 4 is 0 Å². The monoisotopic (exact) mass is 268 g/mol. The number of rotatable bonds is 4. The molecule has 0 aromatic carbocycles. The van der Waals surface area contributed by atoms with Crippen LogP contribution in [0.25, 0.3) is 0 Å². The van der Waals surface area contributed by atoms with Crippen molar-refractivity contribution in [3.8, 4) is 0 Å². The third-order valence-corrected chi connectivity index (χ3v) is 5.37. The van der Waals surface area contributed by atoms with Gasteiger partial charge in [-0.1, -0.05) is 0 Å². The fourth-order valence-electron chi connectivity index (χ4n) is 3.77. The number of nitrogens with two attached hydrogens (primary N) is 1. The van der Waals surface area contributed by atoms with E-state index in [-0.39, 0.29) is 5.54 Å². The van der Waals surface area contributed by atoms with Gasteiger partial charge in [-0.25, -0.2) is 0 Å². The number of likely N-dealkylation sites (N-methyl/N-ethyl adjacent to an activating group) is 2. The Morgan fingerprint density at radius 2 is 2.11 bits per heavy atom. The molecule has 19 heavy (non-hydrogen) atoms. The standard InChI is InChI=1S/C15H32N4/c1-13(2)19-9-7-15(11-16,12-19)18(4)14-6-5-8-17(3)10-14/h13-14H,5-12,16H2,1-4H3. The van der Waals surface area contributed by atoms with Gasteiger partial charge in [-0.05, 0) is 53.8 Å². The van der Waals surface area contributed by atoms with Crippen LogP contribution in [0.15, 0.2) is 0 Å². The molecule has 2 unspecified atom stereocenters. The summed E-state index contributed by atoms with van der Waals surface area (Å²) in [4.78, 5) is 7.66. The molecule has 2 heterocycles. The normalized spacial score (nSPS) is 34.6. The van der Waals surface area contributed by atoms with E-state index < -0.39 is 0 Å². The summed E-state index contributed by atoms with van der Waals surface area (Å²) in [7, 11) is 4.55. The Balaban J connectivity index is 2.04. The first-order valence-corrected chi connectivity index (χ1v) is 7.84. The van der Waals surface area contributed by atoms with Crippen molar-refractivity contribution in [3.63, 3.8) is 0 Å². The molecule has 0 amide bonds. The molecule has 4 nitrogen and oxygen atoms in total. The Morgan fingerprint density at radius 3 is 2.63 bits per heavy atom. The van der Waals surface area contributed by atoms with E-state index in [1.165, 1.54) is 38.9 Å². The molecule has 2 atom stereocenters. The highest BCUT2D eigenvalue weighted by atomic mass is 15.3. The zero-order chi connectivity index (χ0) is 14.0. The molecule has 2 rings (SSSR count). The SMILES string of the molecule is CC(C)N1CCC(CN)(N(C)C2CCCN(C)C2)C1. The lowest BCUT2D eigenvalue weighted by Gasteiger charge is -2.46. The second-order valence-corrected chi connectivity index (χ2v) is 6.91. The molecule has 2 N–H and O–H groups in total. The quantitative estimate of drug-likeness (QED) is 0.819. The Bertz CT molecular complexity index is 294. The minimum Gasteiger partial charge on any atom is -0.329 e. The molecule has 0 saturated carbocycles. The molecule has 0 aliphatic carbocycles. The van der Waals surface area contributed by atoms with Gasteiger partial charge in [0.2, 0.25) is 0 Å². The molecule has 2 fully saturated rings.